The third-order valence-corrected chi connectivity index (χ3v) is 2.67. The van der Waals surface area contributed by atoms with Crippen molar-refractivity contribution in [2.45, 2.75) is 27.2 Å². The molecule has 84 valence electrons. The molecule has 16 heavy (non-hydrogen) atoms. The Balaban J connectivity index is 2.64. The molecule has 0 aliphatic heterocycles. The Morgan fingerprint density at radius 1 is 1.25 bits per heavy atom. The fraction of sp³-hybridized carbons (Fsp3) is 0.385. The zero-order valence-corrected chi connectivity index (χ0v) is 10.5. The molecule has 0 fully saturated rings. The van der Waals surface area contributed by atoms with E-state index in [-0.39, 0.29) is 0 Å². The van der Waals surface area contributed by atoms with Crippen molar-refractivity contribution in [1.29, 1.82) is 0 Å². The molecular formula is C13H15ClN2. The summed E-state index contributed by atoms with van der Waals surface area (Å²) in [6, 6.07) is 6.18. The second kappa shape index (κ2) is 4.38. The molecule has 0 spiro atoms. The molecular weight excluding hydrogens is 220 g/mol. The maximum Gasteiger partial charge on any atom is 0.223 e. The normalized spacial score (nSPS) is 11.3. The van der Waals surface area contributed by atoms with Gasteiger partial charge in [-0.1, -0.05) is 25.5 Å². The van der Waals surface area contributed by atoms with Crippen LogP contribution in [0.3, 0.4) is 0 Å². The first-order chi connectivity index (χ1) is 7.56. The van der Waals surface area contributed by atoms with Crippen molar-refractivity contribution in [3.63, 3.8) is 0 Å². The first kappa shape index (κ1) is 11.3. The molecule has 0 radical (unpaired) electrons. The lowest BCUT2D eigenvalue weighted by Gasteiger charge is -2.08. The van der Waals surface area contributed by atoms with E-state index in [0.717, 1.165) is 23.0 Å². The average molecular weight is 235 g/mol. The fourth-order valence-corrected chi connectivity index (χ4v) is 2.01. The Kier molecular flexibility index (Phi) is 3.10. The van der Waals surface area contributed by atoms with Crippen LogP contribution in [0.2, 0.25) is 5.28 Å². The summed E-state index contributed by atoms with van der Waals surface area (Å²) < 4.78 is 0. The molecule has 2 aromatic rings. The van der Waals surface area contributed by atoms with E-state index < -0.39 is 0 Å². The van der Waals surface area contributed by atoms with Gasteiger partial charge in [-0.3, -0.25) is 0 Å². The van der Waals surface area contributed by atoms with E-state index in [4.69, 9.17) is 11.6 Å². The van der Waals surface area contributed by atoms with Gasteiger partial charge in [-0.25, -0.2) is 9.97 Å². The van der Waals surface area contributed by atoms with Crippen molar-refractivity contribution in [3.8, 4) is 0 Å². The Bertz CT molecular complexity index is 521. The number of aromatic nitrogens is 2. The molecule has 3 heteroatoms. The van der Waals surface area contributed by atoms with Gasteiger partial charge in [-0.2, -0.15) is 0 Å². The maximum absolute atomic E-state index is 5.92. The molecule has 2 nitrogen and oxygen atoms in total. The third kappa shape index (κ3) is 2.33. The number of hydrogen-bond donors (Lipinski definition) is 0. The van der Waals surface area contributed by atoms with Gasteiger partial charge in [0.05, 0.1) is 11.2 Å². The van der Waals surface area contributed by atoms with Crippen molar-refractivity contribution >= 4 is 22.5 Å². The van der Waals surface area contributed by atoms with Gasteiger partial charge >= 0.3 is 0 Å². The van der Waals surface area contributed by atoms with E-state index in [9.17, 15) is 0 Å². The maximum atomic E-state index is 5.92. The standard InChI is InChI=1S/C13H15ClN2/c1-8(2)6-12-10-7-9(3)4-5-11(10)15-13(14)16-12/h4-5,7-8H,6H2,1-3H3. The van der Waals surface area contributed by atoms with Crippen LogP contribution < -0.4 is 0 Å². The number of halogens is 1. The lowest BCUT2D eigenvalue weighted by atomic mass is 10.0. The molecule has 0 unspecified atom stereocenters. The molecule has 1 aromatic carbocycles. The minimum atomic E-state index is 0.340. The first-order valence-electron chi connectivity index (χ1n) is 5.49. The Labute approximate surface area is 101 Å². The lowest BCUT2D eigenvalue weighted by Crippen LogP contribution is -2.00. The van der Waals surface area contributed by atoms with Gasteiger partial charge in [-0.15, -0.1) is 0 Å². The number of rotatable bonds is 2. The van der Waals surface area contributed by atoms with Crippen molar-refractivity contribution in [3.05, 3.63) is 34.7 Å². The highest BCUT2D eigenvalue weighted by molar-refractivity contribution is 6.28. The Morgan fingerprint density at radius 3 is 2.69 bits per heavy atom. The van der Waals surface area contributed by atoms with Crippen molar-refractivity contribution in [2.75, 3.05) is 0 Å². The zero-order valence-electron chi connectivity index (χ0n) is 9.79. The number of benzene rings is 1. The van der Waals surface area contributed by atoms with E-state index in [1.54, 1.807) is 0 Å². The number of fused-ring (bicyclic) bond motifs is 1. The molecule has 1 heterocycles. The summed E-state index contributed by atoms with van der Waals surface area (Å²) in [7, 11) is 0. The molecule has 0 saturated carbocycles. The smallest absolute Gasteiger partial charge is 0.222 e. The quantitative estimate of drug-likeness (QED) is 0.739. The van der Waals surface area contributed by atoms with E-state index in [2.05, 4.69) is 36.8 Å². The largest absolute Gasteiger partial charge is 0.223 e. The van der Waals surface area contributed by atoms with Crippen molar-refractivity contribution in [2.24, 2.45) is 5.92 Å². The highest BCUT2D eigenvalue weighted by Gasteiger charge is 2.08. The number of nitrogens with zero attached hydrogens (tertiary/aromatic N) is 2. The lowest BCUT2D eigenvalue weighted by molar-refractivity contribution is 0.638. The van der Waals surface area contributed by atoms with Gasteiger partial charge in [0, 0.05) is 5.39 Å². The second-order valence-corrected chi connectivity index (χ2v) is 4.90. The van der Waals surface area contributed by atoms with Gasteiger partial charge < -0.3 is 0 Å². The predicted octanol–water partition coefficient (Wildman–Crippen LogP) is 3.79. The number of hydrogen-bond acceptors (Lipinski definition) is 2. The van der Waals surface area contributed by atoms with E-state index in [1.165, 1.54) is 5.56 Å². The van der Waals surface area contributed by atoms with Crippen LogP contribution in [0.25, 0.3) is 10.9 Å². The van der Waals surface area contributed by atoms with Gasteiger partial charge in [0.2, 0.25) is 5.28 Å². The summed E-state index contributed by atoms with van der Waals surface area (Å²) in [5.74, 6) is 0.565. The van der Waals surface area contributed by atoms with Gasteiger partial charge in [-0.05, 0) is 43.0 Å². The van der Waals surface area contributed by atoms with Crippen molar-refractivity contribution < 1.29 is 0 Å². The highest BCUT2D eigenvalue weighted by atomic mass is 35.5. The van der Waals surface area contributed by atoms with E-state index in [0.29, 0.717) is 11.2 Å². The summed E-state index contributed by atoms with van der Waals surface area (Å²) in [5.41, 5.74) is 3.21. The Morgan fingerprint density at radius 2 is 2.00 bits per heavy atom. The molecule has 0 N–H and O–H groups in total. The predicted molar refractivity (Wildman–Crippen MR) is 67.8 cm³/mol. The second-order valence-electron chi connectivity index (χ2n) is 4.56. The minimum absolute atomic E-state index is 0.340. The summed E-state index contributed by atoms with van der Waals surface area (Å²) in [5, 5.41) is 1.46. The highest BCUT2D eigenvalue weighted by Crippen LogP contribution is 2.21. The van der Waals surface area contributed by atoms with Gasteiger partial charge in [0.1, 0.15) is 0 Å². The molecule has 0 saturated heterocycles. The third-order valence-electron chi connectivity index (χ3n) is 2.50. The van der Waals surface area contributed by atoms with Crippen molar-refractivity contribution in [1.82, 2.24) is 9.97 Å². The van der Waals surface area contributed by atoms with E-state index in [1.807, 2.05) is 12.1 Å². The molecule has 0 amide bonds. The molecule has 2 rings (SSSR count). The summed E-state index contributed by atoms with van der Waals surface area (Å²) in [6.07, 6.45) is 0.933. The van der Waals surface area contributed by atoms with Crippen LogP contribution in [0.4, 0.5) is 0 Å². The van der Waals surface area contributed by atoms with Crippen LogP contribution in [0, 0.1) is 12.8 Å². The monoisotopic (exact) mass is 234 g/mol. The topological polar surface area (TPSA) is 25.8 Å². The summed E-state index contributed by atoms with van der Waals surface area (Å²) in [4.78, 5) is 8.58. The van der Waals surface area contributed by atoms with Crippen LogP contribution in [-0.4, -0.2) is 9.97 Å². The summed E-state index contributed by atoms with van der Waals surface area (Å²) >= 11 is 5.92. The van der Waals surface area contributed by atoms with Crippen LogP contribution in [0.15, 0.2) is 18.2 Å². The van der Waals surface area contributed by atoms with Gasteiger partial charge in [0.15, 0.2) is 0 Å². The van der Waals surface area contributed by atoms with Crippen LogP contribution in [-0.2, 0) is 6.42 Å². The molecule has 0 aliphatic rings. The zero-order chi connectivity index (χ0) is 11.7. The average Bonchev–Trinajstić information content (AvgIpc) is 2.18. The Hall–Kier alpha value is -1.15. The molecule has 0 aliphatic carbocycles. The molecule has 0 bridgehead atoms. The van der Waals surface area contributed by atoms with Crippen LogP contribution in [0.5, 0.6) is 0 Å². The first-order valence-corrected chi connectivity index (χ1v) is 5.87. The van der Waals surface area contributed by atoms with E-state index >= 15 is 0 Å². The molecule has 0 atom stereocenters. The van der Waals surface area contributed by atoms with Crippen LogP contribution in [0.1, 0.15) is 25.1 Å². The summed E-state index contributed by atoms with van der Waals surface area (Å²) in [6.45, 7) is 6.43. The molecule has 1 aromatic heterocycles. The fourth-order valence-electron chi connectivity index (χ4n) is 1.82. The minimum Gasteiger partial charge on any atom is -0.222 e. The van der Waals surface area contributed by atoms with Crippen LogP contribution >= 0.6 is 11.6 Å². The van der Waals surface area contributed by atoms with Gasteiger partial charge in [0.25, 0.3) is 0 Å². The SMILES string of the molecule is Cc1ccc2nc(Cl)nc(CC(C)C)c2c1. The number of aryl methyl sites for hydroxylation is 1.